The van der Waals surface area contributed by atoms with Gasteiger partial charge in [0, 0.05) is 16.7 Å². The van der Waals surface area contributed by atoms with Gasteiger partial charge in [-0.2, -0.15) is 4.39 Å². The third-order valence-electron chi connectivity index (χ3n) is 7.09. The third-order valence-corrected chi connectivity index (χ3v) is 7.09. The molecule has 1 atom stereocenters. The van der Waals surface area contributed by atoms with Gasteiger partial charge in [-0.1, -0.05) is 68.0 Å². The Morgan fingerprint density at radius 3 is 2.00 bits per heavy atom. The lowest BCUT2D eigenvalue weighted by atomic mass is 9.85. The summed E-state index contributed by atoms with van der Waals surface area (Å²) in [5, 5.41) is 0. The molecule has 0 N–H and O–H groups in total. The predicted octanol–water partition coefficient (Wildman–Crippen LogP) is 9.63. The molecule has 5 heteroatoms. The molecular weight excluding hydrogens is 488 g/mol. The molecule has 38 heavy (non-hydrogen) atoms. The van der Waals surface area contributed by atoms with Crippen LogP contribution in [0.4, 0.5) is 17.6 Å². The lowest BCUT2D eigenvalue weighted by Crippen LogP contribution is -2.05. The van der Waals surface area contributed by atoms with Crippen LogP contribution in [0.3, 0.4) is 0 Å². The van der Waals surface area contributed by atoms with E-state index >= 15 is 8.78 Å². The summed E-state index contributed by atoms with van der Waals surface area (Å²) >= 11 is 0. The number of allylic oxidation sites excluding steroid dienone is 4. The van der Waals surface area contributed by atoms with Gasteiger partial charge in [0.25, 0.3) is 0 Å². The second-order valence-electron chi connectivity index (χ2n) is 9.76. The van der Waals surface area contributed by atoms with E-state index < -0.39 is 23.3 Å². The zero-order valence-electron chi connectivity index (χ0n) is 22.0. The van der Waals surface area contributed by atoms with E-state index in [1.165, 1.54) is 35.4 Å². The van der Waals surface area contributed by atoms with Crippen molar-refractivity contribution in [3.8, 4) is 16.9 Å². The molecule has 0 saturated heterocycles. The van der Waals surface area contributed by atoms with Crippen molar-refractivity contribution in [2.24, 2.45) is 5.92 Å². The lowest BCUT2D eigenvalue weighted by Gasteiger charge is -2.20. The van der Waals surface area contributed by atoms with Gasteiger partial charge in [-0.05, 0) is 80.2 Å². The second kappa shape index (κ2) is 12.9. The maximum atomic E-state index is 15.1. The van der Waals surface area contributed by atoms with Crippen LogP contribution >= 0.6 is 0 Å². The van der Waals surface area contributed by atoms with Crippen molar-refractivity contribution >= 4 is 5.57 Å². The number of aryl methyl sites for hydroxylation is 2. The first-order valence-electron chi connectivity index (χ1n) is 13.5. The van der Waals surface area contributed by atoms with Crippen LogP contribution in [0, 0.1) is 29.2 Å². The summed E-state index contributed by atoms with van der Waals surface area (Å²) in [6, 6.07) is 14.0. The van der Waals surface area contributed by atoms with E-state index in [9.17, 15) is 8.78 Å². The van der Waals surface area contributed by atoms with E-state index in [1.54, 1.807) is 6.92 Å². The zero-order valence-corrected chi connectivity index (χ0v) is 22.0. The van der Waals surface area contributed by atoms with Crippen LogP contribution in [-0.4, -0.2) is 6.61 Å². The minimum absolute atomic E-state index is 0.159. The summed E-state index contributed by atoms with van der Waals surface area (Å²) in [4.78, 5) is 0. The normalized spacial score (nSPS) is 15.6. The summed E-state index contributed by atoms with van der Waals surface area (Å²) in [6.45, 7) is 3.99. The van der Waals surface area contributed by atoms with Gasteiger partial charge in [0.15, 0.2) is 23.2 Å². The van der Waals surface area contributed by atoms with Crippen molar-refractivity contribution < 1.29 is 22.3 Å². The first-order valence-corrected chi connectivity index (χ1v) is 13.5. The van der Waals surface area contributed by atoms with E-state index in [-0.39, 0.29) is 29.0 Å². The van der Waals surface area contributed by atoms with Crippen molar-refractivity contribution in [1.29, 1.82) is 0 Å². The molecule has 0 heterocycles. The van der Waals surface area contributed by atoms with Crippen LogP contribution in [-0.2, 0) is 12.8 Å². The monoisotopic (exact) mass is 522 g/mol. The molecule has 3 aromatic carbocycles. The van der Waals surface area contributed by atoms with E-state index in [0.717, 1.165) is 44.1 Å². The highest BCUT2D eigenvalue weighted by atomic mass is 19.2. The Kier molecular flexibility index (Phi) is 9.43. The fourth-order valence-electron chi connectivity index (χ4n) is 4.99. The fourth-order valence-corrected chi connectivity index (χ4v) is 4.99. The fraction of sp³-hybridized carbons (Fsp3) is 0.333. The molecule has 1 aliphatic carbocycles. The number of halogens is 4. The quantitative estimate of drug-likeness (QED) is 0.190. The highest BCUT2D eigenvalue weighted by Gasteiger charge is 2.23. The maximum absolute atomic E-state index is 15.1. The van der Waals surface area contributed by atoms with Gasteiger partial charge in [0.1, 0.15) is 0 Å². The van der Waals surface area contributed by atoms with E-state index in [2.05, 4.69) is 43.3 Å². The predicted molar refractivity (Wildman–Crippen MR) is 146 cm³/mol. The molecule has 0 aliphatic heterocycles. The van der Waals surface area contributed by atoms with Gasteiger partial charge in [-0.15, -0.1) is 0 Å². The Balaban J connectivity index is 1.39. The van der Waals surface area contributed by atoms with Crippen molar-refractivity contribution in [3.63, 3.8) is 0 Å². The average molecular weight is 523 g/mol. The summed E-state index contributed by atoms with van der Waals surface area (Å²) < 4.78 is 64.0. The number of hydrogen-bond donors (Lipinski definition) is 0. The molecular formula is C33H34F4O. The first-order chi connectivity index (χ1) is 18.4. The summed E-state index contributed by atoms with van der Waals surface area (Å²) in [5.74, 6) is -4.60. The number of ether oxygens (including phenoxy) is 1. The van der Waals surface area contributed by atoms with Crippen LogP contribution in [0.25, 0.3) is 16.7 Å². The number of rotatable bonds is 10. The van der Waals surface area contributed by atoms with Crippen molar-refractivity contribution in [2.45, 2.75) is 58.8 Å². The number of benzene rings is 3. The Morgan fingerprint density at radius 1 is 0.763 bits per heavy atom. The minimum atomic E-state index is -1.26. The summed E-state index contributed by atoms with van der Waals surface area (Å²) in [6.07, 6.45) is 12.8. The molecule has 3 aromatic rings. The molecule has 1 nitrogen and oxygen atoms in total. The molecule has 0 bridgehead atoms. The molecule has 0 amide bonds. The van der Waals surface area contributed by atoms with Gasteiger partial charge in [0.2, 0.25) is 5.82 Å². The first kappa shape index (κ1) is 27.7. The van der Waals surface area contributed by atoms with Crippen molar-refractivity contribution in [3.05, 3.63) is 107 Å². The van der Waals surface area contributed by atoms with Crippen molar-refractivity contribution in [1.82, 2.24) is 0 Å². The third kappa shape index (κ3) is 6.38. The SMILES string of the molecule is CCCc1ccc(CC/C=C/C2CC=C(c3ccc(-c4ccc(OCC)c(F)c4F)c(F)c3F)CC2)cc1. The van der Waals surface area contributed by atoms with Gasteiger partial charge >= 0.3 is 0 Å². The van der Waals surface area contributed by atoms with Crippen LogP contribution in [0.15, 0.2) is 66.8 Å². The molecule has 0 aromatic heterocycles. The standard InChI is InChI=1S/C33H34F4O/c1-3-7-22-10-12-23(13-11-22)8-5-6-9-24-14-16-25(17-15-24)26-18-19-27(31(35)30(26)34)28-20-21-29(38-4-2)33(37)32(28)36/h6,9-13,16,18-21,24H,3-5,7-8,14-15,17H2,1-2H3/b9-6+. The minimum Gasteiger partial charge on any atom is -0.491 e. The molecule has 0 saturated carbocycles. The molecule has 200 valence electrons. The zero-order chi connectivity index (χ0) is 27.1. The van der Waals surface area contributed by atoms with E-state index in [0.29, 0.717) is 12.3 Å². The summed E-state index contributed by atoms with van der Waals surface area (Å²) in [5.41, 5.74) is 2.96. The molecule has 1 unspecified atom stereocenters. The van der Waals surface area contributed by atoms with Crippen LogP contribution in [0.1, 0.15) is 62.6 Å². The molecule has 0 fully saturated rings. The van der Waals surface area contributed by atoms with Gasteiger partial charge in [-0.25, -0.2) is 13.2 Å². The number of hydrogen-bond acceptors (Lipinski definition) is 1. The summed E-state index contributed by atoms with van der Waals surface area (Å²) in [7, 11) is 0. The van der Waals surface area contributed by atoms with Crippen LogP contribution < -0.4 is 4.74 Å². The van der Waals surface area contributed by atoms with E-state index in [4.69, 9.17) is 4.74 Å². The van der Waals surface area contributed by atoms with Gasteiger partial charge < -0.3 is 4.74 Å². The lowest BCUT2D eigenvalue weighted by molar-refractivity contribution is 0.314. The Morgan fingerprint density at radius 2 is 1.37 bits per heavy atom. The molecule has 0 spiro atoms. The van der Waals surface area contributed by atoms with Gasteiger partial charge in [-0.3, -0.25) is 0 Å². The largest absolute Gasteiger partial charge is 0.491 e. The van der Waals surface area contributed by atoms with E-state index in [1.807, 2.05) is 6.08 Å². The molecule has 1 aliphatic rings. The average Bonchev–Trinajstić information content (AvgIpc) is 2.93. The topological polar surface area (TPSA) is 9.23 Å². The highest BCUT2D eigenvalue weighted by molar-refractivity contribution is 5.72. The highest BCUT2D eigenvalue weighted by Crippen LogP contribution is 2.37. The molecule has 0 radical (unpaired) electrons. The van der Waals surface area contributed by atoms with Crippen molar-refractivity contribution in [2.75, 3.05) is 6.61 Å². The Labute approximate surface area is 222 Å². The van der Waals surface area contributed by atoms with Gasteiger partial charge in [0.05, 0.1) is 6.61 Å². The smallest absolute Gasteiger partial charge is 0.201 e. The van der Waals surface area contributed by atoms with Crippen LogP contribution in [0.5, 0.6) is 5.75 Å². The Hall–Kier alpha value is -3.34. The maximum Gasteiger partial charge on any atom is 0.201 e. The van der Waals surface area contributed by atoms with Crippen LogP contribution in [0.2, 0.25) is 0 Å². The molecule has 4 rings (SSSR count). The Bertz CT molecular complexity index is 1310. The second-order valence-corrected chi connectivity index (χ2v) is 9.76.